The first-order valence-corrected chi connectivity index (χ1v) is 4.53. The monoisotopic (exact) mass is 230 g/mol. The number of carbonyl (C=O) groups is 1. The van der Waals surface area contributed by atoms with Crippen LogP contribution in [0.25, 0.3) is 0 Å². The maximum Gasteiger partial charge on any atom is 1.00 e. The van der Waals surface area contributed by atoms with Crippen LogP contribution in [-0.2, 0) is 0 Å². The summed E-state index contributed by atoms with van der Waals surface area (Å²) >= 11 is 0. The molecule has 72 valence electrons. The van der Waals surface area contributed by atoms with Gasteiger partial charge < -0.3 is 2.85 Å². The van der Waals surface area contributed by atoms with E-state index in [9.17, 15) is 4.79 Å². The van der Waals surface area contributed by atoms with Gasteiger partial charge in [-0.3, -0.25) is 4.79 Å². The number of carbonyl (C=O) groups excluding carboxylic acids is 1. The zero-order valence-corrected chi connectivity index (χ0v) is 13.7. The van der Waals surface area contributed by atoms with E-state index in [0.717, 1.165) is 11.1 Å². The van der Waals surface area contributed by atoms with Crippen molar-refractivity contribution >= 4 is 5.78 Å². The minimum atomic E-state index is 0. The van der Waals surface area contributed by atoms with Crippen molar-refractivity contribution in [1.82, 2.24) is 0 Å². The fourth-order valence-electron chi connectivity index (χ4n) is 1.35. The Morgan fingerprint density at radius 1 is 0.688 bits per heavy atom. The van der Waals surface area contributed by atoms with Crippen molar-refractivity contribution in [1.29, 1.82) is 0 Å². The van der Waals surface area contributed by atoms with Crippen LogP contribution in [0.5, 0.6) is 0 Å². The Kier molecular flexibility index (Phi) is 8.29. The van der Waals surface area contributed by atoms with Crippen molar-refractivity contribution in [3.8, 4) is 0 Å². The smallest absolute Gasteiger partial charge is 1.00 e. The second-order valence-corrected chi connectivity index (χ2v) is 3.06. The summed E-state index contributed by atoms with van der Waals surface area (Å²) in [6, 6.07) is 18.6. The molecule has 0 aromatic heterocycles. The molecule has 0 radical (unpaired) electrons. The molecule has 0 aliphatic heterocycles. The van der Waals surface area contributed by atoms with Crippen LogP contribution >= 0.6 is 0 Å². The molecule has 0 N–H and O–H groups in total. The van der Waals surface area contributed by atoms with Gasteiger partial charge in [0.1, 0.15) is 0 Å². The predicted octanol–water partition coefficient (Wildman–Crippen LogP) is -2.85. The van der Waals surface area contributed by atoms with Crippen LogP contribution in [0.4, 0.5) is 0 Å². The van der Waals surface area contributed by atoms with Crippen LogP contribution in [0, 0.1) is 0 Å². The quantitative estimate of drug-likeness (QED) is 0.401. The van der Waals surface area contributed by atoms with E-state index in [-0.39, 0.29) is 67.8 Å². The van der Waals surface area contributed by atoms with Crippen LogP contribution < -0.4 is 59.1 Å². The largest absolute Gasteiger partial charge is 1.00 e. The van der Waals surface area contributed by atoms with E-state index in [4.69, 9.17) is 0 Å². The molecule has 0 saturated carbocycles. The third kappa shape index (κ3) is 4.17. The fraction of sp³-hybridized carbons (Fsp3) is 0. The van der Waals surface area contributed by atoms with Crippen LogP contribution in [-0.4, -0.2) is 5.78 Å². The second-order valence-electron chi connectivity index (χ2n) is 3.06. The Hall–Kier alpha value is 0.110. The van der Waals surface area contributed by atoms with Gasteiger partial charge in [-0.1, -0.05) is 60.7 Å². The first-order valence-electron chi connectivity index (χ1n) is 4.53. The number of rotatable bonds is 2. The van der Waals surface area contributed by atoms with Gasteiger partial charge >= 0.3 is 59.1 Å². The predicted molar refractivity (Wildman–Crippen MR) is 58.5 cm³/mol. The van der Waals surface area contributed by atoms with Gasteiger partial charge in [0.2, 0.25) is 0 Å². The second kappa shape index (κ2) is 8.24. The van der Waals surface area contributed by atoms with Gasteiger partial charge in [-0.05, 0) is 0 Å². The topological polar surface area (TPSA) is 17.1 Å². The molecule has 0 bridgehead atoms. The molecular formula is C13H12Na2O. The van der Waals surface area contributed by atoms with Gasteiger partial charge in [-0.15, -0.1) is 0 Å². The standard InChI is InChI=1S/C13H10O.2Na.2H/c14-13(11-7-3-1-4-8-11)12-9-5-2-6-10-12;;;;/h1-10H;;;;/q;2*+1;2*-1. The van der Waals surface area contributed by atoms with Crippen molar-refractivity contribution in [2.45, 2.75) is 0 Å². The average molecular weight is 230 g/mol. The molecule has 0 heterocycles. The van der Waals surface area contributed by atoms with Crippen molar-refractivity contribution in [3.63, 3.8) is 0 Å². The molecule has 16 heavy (non-hydrogen) atoms. The van der Waals surface area contributed by atoms with Crippen molar-refractivity contribution in [3.05, 3.63) is 71.8 Å². The van der Waals surface area contributed by atoms with Crippen molar-refractivity contribution < 1.29 is 66.8 Å². The molecule has 2 rings (SSSR count). The van der Waals surface area contributed by atoms with Crippen LogP contribution in [0.1, 0.15) is 18.8 Å². The molecule has 0 amide bonds. The first kappa shape index (κ1) is 16.1. The Bertz CT molecular complexity index is 394. The van der Waals surface area contributed by atoms with Crippen LogP contribution in [0.2, 0.25) is 0 Å². The molecule has 3 heteroatoms. The maximum atomic E-state index is 11.8. The molecular weight excluding hydrogens is 218 g/mol. The fourth-order valence-corrected chi connectivity index (χ4v) is 1.35. The van der Waals surface area contributed by atoms with Gasteiger partial charge in [0.15, 0.2) is 5.78 Å². The molecule has 0 saturated heterocycles. The Morgan fingerprint density at radius 2 is 1.00 bits per heavy atom. The molecule has 2 aromatic carbocycles. The Labute approximate surface area is 143 Å². The molecule has 0 unspecified atom stereocenters. The Balaban J connectivity index is -0.000000562. The van der Waals surface area contributed by atoms with Gasteiger partial charge in [-0.2, -0.15) is 0 Å². The molecule has 0 aliphatic rings. The molecule has 0 aliphatic carbocycles. The SMILES string of the molecule is O=C(c1ccccc1)c1ccccc1.[H-].[H-].[Na+].[Na+]. The zero-order chi connectivity index (χ0) is 9.80. The number of benzene rings is 2. The van der Waals surface area contributed by atoms with Crippen molar-refractivity contribution in [2.24, 2.45) is 0 Å². The number of ketones is 1. The third-order valence-electron chi connectivity index (χ3n) is 2.07. The van der Waals surface area contributed by atoms with E-state index < -0.39 is 0 Å². The van der Waals surface area contributed by atoms with Gasteiger partial charge in [0.05, 0.1) is 0 Å². The summed E-state index contributed by atoms with van der Waals surface area (Å²) < 4.78 is 0. The summed E-state index contributed by atoms with van der Waals surface area (Å²) in [4.78, 5) is 11.8. The van der Waals surface area contributed by atoms with E-state index in [1.165, 1.54) is 0 Å². The molecule has 0 spiro atoms. The van der Waals surface area contributed by atoms with Gasteiger partial charge in [0, 0.05) is 11.1 Å². The number of hydrogen-bond donors (Lipinski definition) is 0. The van der Waals surface area contributed by atoms with Crippen LogP contribution in [0.3, 0.4) is 0 Å². The first-order chi connectivity index (χ1) is 6.88. The summed E-state index contributed by atoms with van der Waals surface area (Å²) in [5.41, 5.74) is 1.47. The summed E-state index contributed by atoms with van der Waals surface area (Å²) in [7, 11) is 0. The van der Waals surface area contributed by atoms with E-state index >= 15 is 0 Å². The third-order valence-corrected chi connectivity index (χ3v) is 2.07. The molecule has 2 aromatic rings. The molecule has 0 fully saturated rings. The van der Waals surface area contributed by atoms with Gasteiger partial charge in [-0.25, -0.2) is 0 Å². The summed E-state index contributed by atoms with van der Waals surface area (Å²) in [6.07, 6.45) is 0. The van der Waals surface area contributed by atoms with E-state index in [2.05, 4.69) is 0 Å². The minimum absolute atomic E-state index is 0. The minimum Gasteiger partial charge on any atom is -1.00 e. The maximum absolute atomic E-state index is 11.8. The van der Waals surface area contributed by atoms with E-state index in [1.807, 2.05) is 60.7 Å². The van der Waals surface area contributed by atoms with Crippen LogP contribution in [0.15, 0.2) is 60.7 Å². The van der Waals surface area contributed by atoms with E-state index in [1.54, 1.807) is 0 Å². The van der Waals surface area contributed by atoms with Gasteiger partial charge in [0.25, 0.3) is 0 Å². The van der Waals surface area contributed by atoms with E-state index in [0.29, 0.717) is 0 Å². The normalized spacial score (nSPS) is 8.50. The number of hydrogen-bond acceptors (Lipinski definition) is 1. The van der Waals surface area contributed by atoms with Crippen molar-refractivity contribution in [2.75, 3.05) is 0 Å². The average Bonchev–Trinajstić information content (AvgIpc) is 2.30. The summed E-state index contributed by atoms with van der Waals surface area (Å²) in [5.74, 6) is 0.0752. The summed E-state index contributed by atoms with van der Waals surface area (Å²) in [5, 5.41) is 0. The molecule has 1 nitrogen and oxygen atoms in total. The summed E-state index contributed by atoms with van der Waals surface area (Å²) in [6.45, 7) is 0. The molecule has 0 atom stereocenters. The zero-order valence-electron chi connectivity index (χ0n) is 11.7. The Morgan fingerprint density at radius 3 is 1.31 bits per heavy atom.